The van der Waals surface area contributed by atoms with Crippen LogP contribution in [0.25, 0.3) is 16.9 Å². The van der Waals surface area contributed by atoms with Gasteiger partial charge in [-0.25, -0.2) is 9.37 Å². The molecule has 5 atom stereocenters. The lowest BCUT2D eigenvalue weighted by Gasteiger charge is -2.43. The number of hydrogen-bond donors (Lipinski definition) is 2. The Morgan fingerprint density at radius 3 is 2.78 bits per heavy atom. The Balaban J connectivity index is 1.36. The zero-order valence-electron chi connectivity index (χ0n) is 18.3. The number of aromatic hydroxyl groups is 1. The molecule has 8 nitrogen and oxygen atoms in total. The van der Waals surface area contributed by atoms with Crippen LogP contribution in [0.3, 0.4) is 0 Å². The van der Waals surface area contributed by atoms with Crippen molar-refractivity contribution < 1.29 is 14.2 Å². The number of benzene rings is 1. The fourth-order valence-electron chi connectivity index (χ4n) is 5.08. The van der Waals surface area contributed by atoms with E-state index in [1.54, 1.807) is 48.6 Å². The van der Waals surface area contributed by atoms with Crippen LogP contribution < -0.4 is 10.2 Å². The lowest BCUT2D eigenvalue weighted by atomic mass is 9.86. The van der Waals surface area contributed by atoms with Gasteiger partial charge >= 0.3 is 0 Å². The molecule has 168 valence electrons. The number of phenolic OH excluding ortho intramolecular Hbond substituents is 1. The summed E-state index contributed by atoms with van der Waals surface area (Å²) in [6.45, 7) is 1.93. The van der Waals surface area contributed by atoms with E-state index in [4.69, 9.17) is 4.74 Å². The van der Waals surface area contributed by atoms with Crippen LogP contribution >= 0.6 is 0 Å². The number of rotatable bonds is 5. The van der Waals surface area contributed by atoms with Crippen molar-refractivity contribution in [3.63, 3.8) is 0 Å². The Morgan fingerprint density at radius 2 is 2.12 bits per heavy atom. The molecular weight excluding hydrogens is 411 g/mol. The Bertz CT molecular complexity index is 1090. The highest BCUT2D eigenvalue weighted by Gasteiger charge is 2.55. The van der Waals surface area contributed by atoms with Crippen molar-refractivity contribution in [2.24, 2.45) is 0 Å². The van der Waals surface area contributed by atoms with Crippen molar-refractivity contribution in [1.82, 2.24) is 25.1 Å². The molecule has 0 saturated carbocycles. The van der Waals surface area contributed by atoms with Crippen LogP contribution in [0.1, 0.15) is 19.8 Å². The topological polar surface area (TPSA) is 88.3 Å². The second kappa shape index (κ2) is 7.83. The van der Waals surface area contributed by atoms with E-state index in [9.17, 15) is 5.11 Å². The average Bonchev–Trinajstić information content (AvgIpc) is 3.43. The van der Waals surface area contributed by atoms with Crippen molar-refractivity contribution in [2.45, 2.75) is 49.7 Å². The molecule has 3 aromatic rings. The third kappa shape index (κ3) is 3.41. The maximum atomic E-state index is 15.5. The lowest BCUT2D eigenvalue weighted by molar-refractivity contribution is 0.0871. The van der Waals surface area contributed by atoms with E-state index in [-0.39, 0.29) is 23.9 Å². The molecule has 32 heavy (non-hydrogen) atoms. The molecule has 0 aliphatic carbocycles. The quantitative estimate of drug-likeness (QED) is 0.633. The number of aromatic nitrogens is 4. The summed E-state index contributed by atoms with van der Waals surface area (Å²) in [5.41, 5.74) is 1.31. The highest BCUT2D eigenvalue weighted by molar-refractivity contribution is 5.69. The fourth-order valence-corrected chi connectivity index (χ4v) is 5.08. The number of phenols is 1. The first-order valence-electron chi connectivity index (χ1n) is 10.7. The van der Waals surface area contributed by atoms with E-state index in [1.165, 1.54) is 0 Å². The van der Waals surface area contributed by atoms with Gasteiger partial charge in [0.1, 0.15) is 11.9 Å². The van der Waals surface area contributed by atoms with Gasteiger partial charge in [0.05, 0.1) is 35.4 Å². The number of halogens is 1. The number of alkyl halides is 1. The first-order chi connectivity index (χ1) is 15.4. The van der Waals surface area contributed by atoms with Gasteiger partial charge in [-0.05, 0) is 44.0 Å². The molecule has 1 aromatic carbocycles. The standard InChI is InChI=1S/C23H27FN6O2/c1-23-12-20(32-3)17(26-23)11-18(22(23)24)29(2)21-7-6-16(27-28-21)15-5-4-14(10-19(15)31)30-9-8-25-13-30/h4-10,13,17-18,20,22,26,31H,11-12H2,1-3H3/t17-,18+,20+,22-,23-/m0/s1. The molecule has 2 aliphatic heterocycles. The van der Waals surface area contributed by atoms with Crippen LogP contribution in [0.15, 0.2) is 49.1 Å². The number of fused-ring (bicyclic) bond motifs is 2. The molecule has 2 saturated heterocycles. The van der Waals surface area contributed by atoms with Crippen molar-refractivity contribution in [3.8, 4) is 22.7 Å². The van der Waals surface area contributed by atoms with Crippen molar-refractivity contribution in [2.75, 3.05) is 19.1 Å². The van der Waals surface area contributed by atoms with E-state index in [1.807, 2.05) is 31.0 Å². The maximum Gasteiger partial charge on any atom is 0.151 e. The molecule has 2 bridgehead atoms. The maximum absolute atomic E-state index is 15.5. The third-order valence-electron chi connectivity index (χ3n) is 6.90. The Labute approximate surface area is 186 Å². The molecule has 0 unspecified atom stereocenters. The number of imidazole rings is 1. The molecular formula is C23H27FN6O2. The van der Waals surface area contributed by atoms with Gasteiger partial charge < -0.3 is 24.6 Å². The molecule has 2 fully saturated rings. The Morgan fingerprint density at radius 1 is 1.28 bits per heavy atom. The van der Waals surface area contributed by atoms with Gasteiger partial charge in [0.2, 0.25) is 0 Å². The number of piperidine rings is 1. The smallest absolute Gasteiger partial charge is 0.151 e. The Kier molecular flexibility index (Phi) is 5.10. The summed E-state index contributed by atoms with van der Waals surface area (Å²) in [7, 11) is 3.54. The van der Waals surface area contributed by atoms with E-state index in [0.717, 1.165) is 5.69 Å². The molecule has 2 N–H and O–H groups in total. The predicted octanol–water partition coefficient (Wildman–Crippen LogP) is 2.72. The minimum Gasteiger partial charge on any atom is -0.507 e. The largest absolute Gasteiger partial charge is 0.507 e. The van der Waals surface area contributed by atoms with Gasteiger partial charge in [0.15, 0.2) is 5.82 Å². The zero-order chi connectivity index (χ0) is 22.5. The van der Waals surface area contributed by atoms with Crippen LogP contribution in [0.2, 0.25) is 0 Å². The average molecular weight is 439 g/mol. The van der Waals surface area contributed by atoms with Crippen molar-refractivity contribution in [1.29, 1.82) is 0 Å². The lowest BCUT2D eigenvalue weighted by Crippen LogP contribution is -2.62. The van der Waals surface area contributed by atoms with Crippen LogP contribution in [0, 0.1) is 0 Å². The monoisotopic (exact) mass is 438 g/mol. The number of ether oxygens (including phenoxy) is 1. The summed E-state index contributed by atoms with van der Waals surface area (Å²) in [4.78, 5) is 5.89. The van der Waals surface area contributed by atoms with E-state index in [2.05, 4.69) is 20.5 Å². The summed E-state index contributed by atoms with van der Waals surface area (Å²) in [5, 5.41) is 22.6. The highest BCUT2D eigenvalue weighted by atomic mass is 19.1. The van der Waals surface area contributed by atoms with Crippen molar-refractivity contribution in [3.05, 3.63) is 49.1 Å². The summed E-state index contributed by atoms with van der Waals surface area (Å²) in [6.07, 6.45) is 5.38. The number of methoxy groups -OCH3 is 1. The third-order valence-corrected chi connectivity index (χ3v) is 6.90. The van der Waals surface area contributed by atoms with Crippen molar-refractivity contribution >= 4 is 5.82 Å². The number of hydrogen-bond acceptors (Lipinski definition) is 7. The molecule has 2 aliphatic rings. The molecule has 0 radical (unpaired) electrons. The summed E-state index contributed by atoms with van der Waals surface area (Å²) in [6, 6.07) is 8.74. The number of nitrogens with one attached hydrogen (secondary N) is 1. The zero-order valence-corrected chi connectivity index (χ0v) is 18.3. The van der Waals surface area contributed by atoms with Gasteiger partial charge in [0, 0.05) is 44.2 Å². The minimum atomic E-state index is -1.06. The molecule has 2 aromatic heterocycles. The molecule has 5 rings (SSSR count). The van der Waals surface area contributed by atoms with Gasteiger partial charge in [-0.15, -0.1) is 10.2 Å². The molecule has 0 amide bonds. The first-order valence-corrected chi connectivity index (χ1v) is 10.7. The van der Waals surface area contributed by atoms with Crippen LogP contribution in [0.5, 0.6) is 5.75 Å². The predicted molar refractivity (Wildman–Crippen MR) is 119 cm³/mol. The summed E-state index contributed by atoms with van der Waals surface area (Å²) < 4.78 is 22.9. The molecule has 4 heterocycles. The normalized spacial score (nSPS) is 29.2. The fraction of sp³-hybridized carbons (Fsp3) is 0.435. The van der Waals surface area contributed by atoms with Crippen LogP contribution in [0.4, 0.5) is 10.2 Å². The Hall–Kier alpha value is -3.04. The van der Waals surface area contributed by atoms with E-state index >= 15 is 4.39 Å². The van der Waals surface area contributed by atoms with Gasteiger partial charge in [-0.2, -0.15) is 0 Å². The SMILES string of the molecule is CO[C@@H]1C[C@]2(C)N[C@H]1C[C@@H](N(C)c1ccc(-c3ccc(-n4ccnc4)cc3O)nn1)[C@@H]2F. The molecule has 0 spiro atoms. The second-order valence-electron chi connectivity index (χ2n) is 8.91. The van der Waals surface area contributed by atoms with Gasteiger partial charge in [0.25, 0.3) is 0 Å². The molecule has 9 heteroatoms. The van der Waals surface area contributed by atoms with E-state index < -0.39 is 11.7 Å². The second-order valence-corrected chi connectivity index (χ2v) is 8.91. The number of nitrogens with zero attached hydrogens (tertiary/aromatic N) is 5. The van der Waals surface area contributed by atoms with E-state index in [0.29, 0.717) is 29.9 Å². The minimum absolute atomic E-state index is 0.0124. The highest BCUT2D eigenvalue weighted by Crippen LogP contribution is 2.41. The van der Waals surface area contributed by atoms with Gasteiger partial charge in [-0.1, -0.05) is 0 Å². The summed E-state index contributed by atoms with van der Waals surface area (Å²) in [5.74, 6) is 0.693. The number of anilines is 1. The van der Waals surface area contributed by atoms with Crippen LogP contribution in [-0.4, -0.2) is 68.9 Å². The first kappa shape index (κ1) is 20.8. The summed E-state index contributed by atoms with van der Waals surface area (Å²) >= 11 is 0. The van der Waals surface area contributed by atoms with Gasteiger partial charge in [-0.3, -0.25) is 0 Å². The van der Waals surface area contributed by atoms with Crippen LogP contribution in [-0.2, 0) is 4.74 Å².